The van der Waals surface area contributed by atoms with Gasteiger partial charge in [0.2, 0.25) is 0 Å². The number of rotatable bonds is 3. The largest absolute Gasteiger partial charge is 0.355 e. The number of hydrogen-bond donors (Lipinski definition) is 1. The van der Waals surface area contributed by atoms with Gasteiger partial charge in [-0.2, -0.15) is 5.26 Å². The molecular weight excluding hydrogens is 254 g/mol. The number of nitrogens with one attached hydrogen (secondary N) is 1. The fourth-order valence-electron chi connectivity index (χ4n) is 1.97. The lowest BCUT2D eigenvalue weighted by Crippen LogP contribution is -1.97. The standard InChI is InChI=1S/C15H13N3O2/c1-10-3-5-14(11(2)7-10)17-13-4-6-15(18(19)20)12(8-13)9-16/h3-8,17H,1-2H3. The van der Waals surface area contributed by atoms with E-state index in [1.165, 1.54) is 12.1 Å². The molecular formula is C15H13N3O2. The Bertz CT molecular complexity index is 718. The van der Waals surface area contributed by atoms with Gasteiger partial charge in [0.1, 0.15) is 11.6 Å². The van der Waals surface area contributed by atoms with Crippen molar-refractivity contribution < 1.29 is 4.92 Å². The van der Waals surface area contributed by atoms with Gasteiger partial charge in [-0.1, -0.05) is 17.7 Å². The van der Waals surface area contributed by atoms with Crippen LogP contribution in [0.4, 0.5) is 17.1 Å². The van der Waals surface area contributed by atoms with Crippen LogP contribution in [-0.2, 0) is 0 Å². The van der Waals surface area contributed by atoms with E-state index in [2.05, 4.69) is 5.32 Å². The molecule has 0 fully saturated rings. The first-order valence-corrected chi connectivity index (χ1v) is 6.04. The van der Waals surface area contributed by atoms with Gasteiger partial charge in [0.05, 0.1) is 4.92 Å². The normalized spacial score (nSPS) is 9.85. The first-order chi connectivity index (χ1) is 9.51. The van der Waals surface area contributed by atoms with Gasteiger partial charge in [0, 0.05) is 17.4 Å². The van der Waals surface area contributed by atoms with Crippen molar-refractivity contribution in [3.63, 3.8) is 0 Å². The molecule has 0 aromatic heterocycles. The van der Waals surface area contributed by atoms with E-state index in [0.29, 0.717) is 5.69 Å². The summed E-state index contributed by atoms with van der Waals surface area (Å²) >= 11 is 0. The third-order valence-corrected chi connectivity index (χ3v) is 2.97. The van der Waals surface area contributed by atoms with E-state index in [1.54, 1.807) is 6.07 Å². The van der Waals surface area contributed by atoms with E-state index < -0.39 is 4.92 Å². The molecule has 2 rings (SSSR count). The highest BCUT2D eigenvalue weighted by Crippen LogP contribution is 2.26. The van der Waals surface area contributed by atoms with E-state index >= 15 is 0 Å². The zero-order valence-electron chi connectivity index (χ0n) is 11.2. The summed E-state index contributed by atoms with van der Waals surface area (Å²) in [6.45, 7) is 3.99. The van der Waals surface area contributed by atoms with Gasteiger partial charge in [-0.05, 0) is 37.6 Å². The van der Waals surface area contributed by atoms with Crippen LogP contribution in [-0.4, -0.2) is 4.92 Å². The van der Waals surface area contributed by atoms with Crippen molar-refractivity contribution in [3.8, 4) is 6.07 Å². The number of nitriles is 1. The second-order valence-corrected chi connectivity index (χ2v) is 4.54. The van der Waals surface area contributed by atoms with Gasteiger partial charge in [0.25, 0.3) is 5.69 Å². The summed E-state index contributed by atoms with van der Waals surface area (Å²) in [7, 11) is 0. The Morgan fingerprint density at radius 3 is 2.55 bits per heavy atom. The molecule has 0 unspecified atom stereocenters. The van der Waals surface area contributed by atoms with Gasteiger partial charge in [0.15, 0.2) is 0 Å². The Kier molecular flexibility index (Phi) is 3.67. The summed E-state index contributed by atoms with van der Waals surface area (Å²) in [5.41, 5.74) is 3.66. The van der Waals surface area contributed by atoms with Crippen molar-refractivity contribution in [2.75, 3.05) is 5.32 Å². The number of aryl methyl sites for hydroxylation is 2. The average Bonchev–Trinajstić information content (AvgIpc) is 2.41. The Morgan fingerprint density at radius 1 is 1.20 bits per heavy atom. The molecule has 100 valence electrons. The maximum absolute atomic E-state index is 10.8. The van der Waals surface area contributed by atoms with E-state index in [-0.39, 0.29) is 11.3 Å². The molecule has 0 atom stereocenters. The molecule has 0 aliphatic rings. The molecule has 0 heterocycles. The number of nitrogens with zero attached hydrogens (tertiary/aromatic N) is 2. The average molecular weight is 267 g/mol. The summed E-state index contributed by atoms with van der Waals surface area (Å²) in [6.07, 6.45) is 0. The molecule has 0 saturated heterocycles. The van der Waals surface area contributed by atoms with Crippen molar-refractivity contribution in [1.29, 1.82) is 5.26 Å². The third-order valence-electron chi connectivity index (χ3n) is 2.97. The van der Waals surface area contributed by atoms with Crippen LogP contribution in [0.15, 0.2) is 36.4 Å². The van der Waals surface area contributed by atoms with Crippen molar-refractivity contribution in [2.24, 2.45) is 0 Å². The minimum atomic E-state index is -0.556. The molecule has 0 saturated carbocycles. The number of nitro benzene ring substituents is 1. The fraction of sp³-hybridized carbons (Fsp3) is 0.133. The predicted octanol–water partition coefficient (Wildman–Crippen LogP) is 3.83. The van der Waals surface area contributed by atoms with E-state index in [9.17, 15) is 10.1 Å². The SMILES string of the molecule is Cc1ccc(Nc2ccc([N+](=O)[O-])c(C#N)c2)c(C)c1. The molecule has 20 heavy (non-hydrogen) atoms. The van der Waals surface area contributed by atoms with Gasteiger partial charge < -0.3 is 5.32 Å². The maximum Gasteiger partial charge on any atom is 0.287 e. The van der Waals surface area contributed by atoms with Gasteiger partial charge in [-0.3, -0.25) is 10.1 Å². The van der Waals surface area contributed by atoms with Crippen LogP contribution < -0.4 is 5.32 Å². The molecule has 5 nitrogen and oxygen atoms in total. The van der Waals surface area contributed by atoms with Crippen LogP contribution in [0.25, 0.3) is 0 Å². The van der Waals surface area contributed by atoms with E-state index in [4.69, 9.17) is 5.26 Å². The number of anilines is 2. The zero-order valence-corrected chi connectivity index (χ0v) is 11.2. The zero-order chi connectivity index (χ0) is 14.7. The van der Waals surface area contributed by atoms with Gasteiger partial charge in [-0.15, -0.1) is 0 Å². The number of nitro groups is 1. The highest BCUT2D eigenvalue weighted by molar-refractivity contribution is 5.67. The molecule has 5 heteroatoms. The van der Waals surface area contributed by atoms with Crippen molar-refractivity contribution in [3.05, 3.63) is 63.2 Å². The molecule has 0 bridgehead atoms. The molecule has 2 aromatic carbocycles. The Balaban J connectivity index is 2.35. The Labute approximate surface area is 116 Å². The quantitative estimate of drug-likeness (QED) is 0.677. The molecule has 0 aliphatic heterocycles. The van der Waals surface area contributed by atoms with E-state index in [0.717, 1.165) is 16.8 Å². The minimum absolute atomic E-state index is 0.0461. The third kappa shape index (κ3) is 2.75. The highest BCUT2D eigenvalue weighted by Gasteiger charge is 2.13. The van der Waals surface area contributed by atoms with E-state index in [1.807, 2.05) is 38.1 Å². The topological polar surface area (TPSA) is 79.0 Å². The Morgan fingerprint density at radius 2 is 1.95 bits per heavy atom. The minimum Gasteiger partial charge on any atom is -0.355 e. The molecule has 0 aliphatic carbocycles. The molecule has 2 aromatic rings. The second kappa shape index (κ2) is 5.41. The lowest BCUT2D eigenvalue weighted by molar-refractivity contribution is -0.385. The summed E-state index contributed by atoms with van der Waals surface area (Å²) in [5.74, 6) is 0. The Hall–Kier alpha value is -2.87. The van der Waals surface area contributed by atoms with Crippen LogP contribution in [0, 0.1) is 35.3 Å². The molecule has 0 radical (unpaired) electrons. The van der Waals surface area contributed by atoms with Gasteiger partial charge >= 0.3 is 0 Å². The van der Waals surface area contributed by atoms with Crippen LogP contribution in [0.1, 0.15) is 16.7 Å². The van der Waals surface area contributed by atoms with Crippen molar-refractivity contribution >= 4 is 17.1 Å². The van der Waals surface area contributed by atoms with Crippen LogP contribution in [0.3, 0.4) is 0 Å². The second-order valence-electron chi connectivity index (χ2n) is 4.54. The fourth-order valence-corrected chi connectivity index (χ4v) is 1.97. The monoisotopic (exact) mass is 267 g/mol. The van der Waals surface area contributed by atoms with Crippen molar-refractivity contribution in [1.82, 2.24) is 0 Å². The lowest BCUT2D eigenvalue weighted by Gasteiger charge is -2.10. The van der Waals surface area contributed by atoms with Gasteiger partial charge in [-0.25, -0.2) is 0 Å². The number of benzene rings is 2. The van der Waals surface area contributed by atoms with Crippen molar-refractivity contribution in [2.45, 2.75) is 13.8 Å². The predicted molar refractivity (Wildman–Crippen MR) is 77.0 cm³/mol. The molecule has 1 N–H and O–H groups in total. The first kappa shape index (κ1) is 13.6. The number of hydrogen-bond acceptors (Lipinski definition) is 4. The van der Waals surface area contributed by atoms with Crippen LogP contribution in [0.2, 0.25) is 0 Å². The first-order valence-electron chi connectivity index (χ1n) is 6.04. The van der Waals surface area contributed by atoms with Crippen LogP contribution >= 0.6 is 0 Å². The summed E-state index contributed by atoms with van der Waals surface area (Å²) in [6, 6.07) is 12.2. The van der Waals surface area contributed by atoms with Crippen LogP contribution in [0.5, 0.6) is 0 Å². The molecule has 0 spiro atoms. The summed E-state index contributed by atoms with van der Waals surface area (Å²) in [5, 5.41) is 22.9. The molecule has 0 amide bonds. The smallest absolute Gasteiger partial charge is 0.287 e. The summed E-state index contributed by atoms with van der Waals surface area (Å²) in [4.78, 5) is 10.2. The highest BCUT2D eigenvalue weighted by atomic mass is 16.6. The lowest BCUT2D eigenvalue weighted by atomic mass is 10.1. The maximum atomic E-state index is 10.8. The summed E-state index contributed by atoms with van der Waals surface area (Å²) < 4.78 is 0.